The number of alkyl halides is 2. The van der Waals surface area contributed by atoms with Crippen molar-refractivity contribution in [3.63, 3.8) is 0 Å². The van der Waals surface area contributed by atoms with E-state index in [0.717, 1.165) is 12.4 Å². The first-order valence-corrected chi connectivity index (χ1v) is 5.27. The highest BCUT2D eigenvalue weighted by Gasteiger charge is 2.20. The van der Waals surface area contributed by atoms with E-state index in [-0.39, 0.29) is 18.2 Å². The highest BCUT2D eigenvalue weighted by Crippen LogP contribution is 2.27. The first-order valence-electron chi connectivity index (χ1n) is 5.27. The van der Waals surface area contributed by atoms with E-state index in [2.05, 4.69) is 15.5 Å². The Bertz CT molecular complexity index is 540. The Balaban J connectivity index is 0.00000120. The van der Waals surface area contributed by atoms with Gasteiger partial charge in [-0.3, -0.25) is 0 Å². The lowest BCUT2D eigenvalue weighted by Crippen LogP contribution is -2.28. The van der Waals surface area contributed by atoms with Crippen molar-refractivity contribution in [2.75, 3.05) is 6.54 Å². The molecule has 0 bridgehead atoms. The Labute approximate surface area is 108 Å². The van der Waals surface area contributed by atoms with Crippen LogP contribution in [-0.4, -0.2) is 21.3 Å². The van der Waals surface area contributed by atoms with E-state index in [4.69, 9.17) is 4.42 Å². The van der Waals surface area contributed by atoms with Crippen LogP contribution in [-0.2, 0) is 13.1 Å². The van der Waals surface area contributed by atoms with Crippen LogP contribution in [0.1, 0.15) is 18.0 Å². The fraction of sp³-hybridized carbons (Fsp3) is 0.400. The maximum Gasteiger partial charge on any atom is 0.295 e. The molecule has 98 valence electrons. The molecule has 1 aliphatic rings. The summed E-state index contributed by atoms with van der Waals surface area (Å²) in [4.78, 5) is 0. The molecular formula is C10H11ClF2N4O. The normalized spacial score (nSPS) is 14.4. The average Bonchev–Trinajstić information content (AvgIpc) is 2.95. The molecule has 2 aromatic heterocycles. The quantitative estimate of drug-likeness (QED) is 0.911. The van der Waals surface area contributed by atoms with E-state index >= 15 is 0 Å². The van der Waals surface area contributed by atoms with Gasteiger partial charge >= 0.3 is 0 Å². The van der Waals surface area contributed by atoms with Crippen molar-refractivity contribution in [3.8, 4) is 11.6 Å². The molecule has 1 aliphatic heterocycles. The molecule has 0 aliphatic carbocycles. The van der Waals surface area contributed by atoms with Crippen molar-refractivity contribution in [1.82, 2.24) is 20.1 Å². The lowest BCUT2D eigenvalue weighted by atomic mass is 10.3. The van der Waals surface area contributed by atoms with Crippen LogP contribution in [0.5, 0.6) is 0 Å². The van der Waals surface area contributed by atoms with E-state index in [0.29, 0.717) is 24.7 Å². The third-order valence-corrected chi connectivity index (χ3v) is 2.68. The van der Waals surface area contributed by atoms with Crippen LogP contribution in [0.15, 0.2) is 16.5 Å². The fourth-order valence-electron chi connectivity index (χ4n) is 1.86. The first kappa shape index (κ1) is 13.0. The monoisotopic (exact) mass is 276 g/mol. The molecule has 5 nitrogen and oxygen atoms in total. The van der Waals surface area contributed by atoms with Crippen molar-refractivity contribution in [2.24, 2.45) is 0 Å². The summed E-state index contributed by atoms with van der Waals surface area (Å²) in [6, 6.07) is 2.77. The van der Waals surface area contributed by atoms with Crippen LogP contribution >= 0.6 is 12.4 Å². The zero-order chi connectivity index (χ0) is 11.8. The number of hydrogen-bond acceptors (Lipinski definition) is 4. The zero-order valence-electron chi connectivity index (χ0n) is 9.27. The van der Waals surface area contributed by atoms with Gasteiger partial charge in [0.25, 0.3) is 6.43 Å². The molecule has 0 atom stereocenters. The summed E-state index contributed by atoms with van der Waals surface area (Å²) in [5.74, 6) is 1.29. The number of fused-ring (bicyclic) bond motifs is 1. The highest BCUT2D eigenvalue weighted by atomic mass is 35.5. The molecule has 8 heteroatoms. The molecule has 1 N–H and O–H groups in total. The van der Waals surface area contributed by atoms with Gasteiger partial charge in [0, 0.05) is 13.1 Å². The van der Waals surface area contributed by atoms with Gasteiger partial charge < -0.3 is 14.3 Å². The number of hydrogen-bond donors (Lipinski definition) is 1. The van der Waals surface area contributed by atoms with Gasteiger partial charge in [-0.2, -0.15) is 0 Å². The Hall–Kier alpha value is -1.47. The molecule has 0 amide bonds. The van der Waals surface area contributed by atoms with E-state index < -0.39 is 6.43 Å². The summed E-state index contributed by atoms with van der Waals surface area (Å²) in [5, 5.41) is 11.1. The van der Waals surface area contributed by atoms with E-state index in [9.17, 15) is 8.78 Å². The predicted octanol–water partition coefficient (Wildman–Crippen LogP) is 2.00. The van der Waals surface area contributed by atoms with Gasteiger partial charge in [0.05, 0.1) is 6.54 Å². The van der Waals surface area contributed by atoms with Crippen LogP contribution in [0.25, 0.3) is 11.6 Å². The van der Waals surface area contributed by atoms with Gasteiger partial charge in [-0.15, -0.1) is 22.6 Å². The molecule has 0 saturated carbocycles. The lowest BCUT2D eigenvalue weighted by molar-refractivity contribution is 0.122. The summed E-state index contributed by atoms with van der Waals surface area (Å²) in [5.41, 5.74) is 0. The molecule has 3 rings (SSSR count). The Morgan fingerprint density at radius 1 is 1.33 bits per heavy atom. The predicted molar refractivity (Wildman–Crippen MR) is 61.6 cm³/mol. The number of furan rings is 1. The van der Waals surface area contributed by atoms with Crippen LogP contribution in [0, 0.1) is 0 Å². The lowest BCUT2D eigenvalue weighted by Gasteiger charge is -2.14. The molecule has 0 saturated heterocycles. The molecule has 2 aromatic rings. The van der Waals surface area contributed by atoms with E-state index in [1.165, 1.54) is 12.1 Å². The number of rotatable bonds is 2. The van der Waals surface area contributed by atoms with Crippen LogP contribution < -0.4 is 5.32 Å². The Morgan fingerprint density at radius 2 is 2.17 bits per heavy atom. The summed E-state index contributed by atoms with van der Waals surface area (Å²) < 4.78 is 31.8. The average molecular weight is 277 g/mol. The molecule has 3 heterocycles. The summed E-state index contributed by atoms with van der Waals surface area (Å²) >= 11 is 0. The molecule has 0 radical (unpaired) electrons. The van der Waals surface area contributed by atoms with Crippen LogP contribution in [0.2, 0.25) is 0 Å². The molecule has 18 heavy (non-hydrogen) atoms. The third kappa shape index (κ3) is 2.11. The Morgan fingerprint density at radius 3 is 2.89 bits per heavy atom. The van der Waals surface area contributed by atoms with Gasteiger partial charge in [0.2, 0.25) is 0 Å². The van der Waals surface area contributed by atoms with Crippen molar-refractivity contribution in [3.05, 3.63) is 23.7 Å². The van der Waals surface area contributed by atoms with E-state index in [1.807, 2.05) is 4.57 Å². The second kappa shape index (κ2) is 5.03. The molecule has 0 fully saturated rings. The topological polar surface area (TPSA) is 55.9 Å². The van der Waals surface area contributed by atoms with Gasteiger partial charge in [0.1, 0.15) is 5.82 Å². The molecule has 0 unspecified atom stereocenters. The number of halogens is 3. The van der Waals surface area contributed by atoms with Gasteiger partial charge in [-0.1, -0.05) is 0 Å². The minimum absolute atomic E-state index is 0. The molecule has 0 spiro atoms. The van der Waals surface area contributed by atoms with Crippen LogP contribution in [0.3, 0.4) is 0 Å². The molecule has 0 aromatic carbocycles. The standard InChI is InChI=1S/C10H10F2N4O.ClH/c11-9(12)6-1-2-7(17-6)10-15-14-8-5-13-3-4-16(8)10;/h1-2,9,13H,3-5H2;1H. The van der Waals surface area contributed by atoms with E-state index in [1.54, 1.807) is 0 Å². The first-order chi connectivity index (χ1) is 8.25. The summed E-state index contributed by atoms with van der Waals surface area (Å²) in [6.45, 7) is 2.15. The SMILES string of the molecule is Cl.FC(F)c1ccc(-c2nnc3n2CCNC3)o1. The second-order valence-electron chi connectivity index (χ2n) is 3.77. The van der Waals surface area contributed by atoms with Gasteiger partial charge in [-0.05, 0) is 12.1 Å². The fourth-order valence-corrected chi connectivity index (χ4v) is 1.86. The summed E-state index contributed by atoms with van der Waals surface area (Å²) in [7, 11) is 0. The Kier molecular flexibility index (Phi) is 3.63. The number of aromatic nitrogens is 3. The minimum atomic E-state index is -2.60. The molecular weight excluding hydrogens is 266 g/mol. The number of nitrogens with one attached hydrogen (secondary N) is 1. The van der Waals surface area contributed by atoms with Crippen molar-refractivity contribution in [1.29, 1.82) is 0 Å². The largest absolute Gasteiger partial charge is 0.452 e. The van der Waals surface area contributed by atoms with Gasteiger partial charge in [0.15, 0.2) is 17.3 Å². The van der Waals surface area contributed by atoms with Crippen LogP contribution in [0.4, 0.5) is 8.78 Å². The highest BCUT2D eigenvalue weighted by molar-refractivity contribution is 5.85. The summed E-state index contributed by atoms with van der Waals surface area (Å²) in [6.07, 6.45) is -2.60. The smallest absolute Gasteiger partial charge is 0.295 e. The second-order valence-corrected chi connectivity index (χ2v) is 3.77. The van der Waals surface area contributed by atoms with Crippen molar-refractivity contribution >= 4 is 12.4 Å². The van der Waals surface area contributed by atoms with Crippen molar-refractivity contribution < 1.29 is 13.2 Å². The van der Waals surface area contributed by atoms with Crippen molar-refractivity contribution in [2.45, 2.75) is 19.5 Å². The maximum atomic E-state index is 12.4. The maximum absolute atomic E-state index is 12.4. The van der Waals surface area contributed by atoms with Gasteiger partial charge in [-0.25, -0.2) is 8.78 Å². The zero-order valence-corrected chi connectivity index (χ0v) is 10.1. The minimum Gasteiger partial charge on any atom is -0.452 e. The third-order valence-electron chi connectivity index (χ3n) is 2.68. The number of nitrogens with zero attached hydrogens (tertiary/aromatic N) is 3.